The summed E-state index contributed by atoms with van der Waals surface area (Å²) in [7, 11) is 3.39. The number of aryl methyl sites for hydroxylation is 2. The molecule has 126 valence electrons. The minimum atomic E-state index is -4.46. The Morgan fingerprint density at radius 1 is 1.17 bits per heavy atom. The van der Waals surface area contributed by atoms with E-state index in [0.717, 1.165) is 24.6 Å². The number of nitrogens with zero attached hydrogens (tertiary/aromatic N) is 5. The molecule has 1 fully saturated rings. The Hall–Kier alpha value is -2.38. The van der Waals surface area contributed by atoms with Gasteiger partial charge in [-0.2, -0.15) is 23.4 Å². The summed E-state index contributed by atoms with van der Waals surface area (Å²) in [5, 5.41) is 8.56. The number of fused-ring (bicyclic) bond motifs is 1. The SMILES string of the molecule is Cc1c(-c2cc(C(F)(F)F)c3c(C4CC4)nn(C)c3n2)cnn1C. The van der Waals surface area contributed by atoms with E-state index in [9.17, 15) is 13.2 Å². The smallest absolute Gasteiger partial charge is 0.272 e. The lowest BCUT2D eigenvalue weighted by atomic mass is 10.0. The second-order valence-electron chi connectivity index (χ2n) is 6.30. The number of hydrogen-bond donors (Lipinski definition) is 0. The Morgan fingerprint density at radius 3 is 2.42 bits per heavy atom. The highest BCUT2D eigenvalue weighted by molar-refractivity contribution is 5.86. The number of aromatic nitrogens is 5. The van der Waals surface area contributed by atoms with Crippen LogP contribution in [0.2, 0.25) is 0 Å². The summed E-state index contributed by atoms with van der Waals surface area (Å²) in [4.78, 5) is 4.47. The van der Waals surface area contributed by atoms with Crippen LogP contribution < -0.4 is 0 Å². The van der Waals surface area contributed by atoms with Crippen molar-refractivity contribution in [1.82, 2.24) is 24.5 Å². The molecule has 3 heterocycles. The highest BCUT2D eigenvalue weighted by Gasteiger charge is 2.39. The van der Waals surface area contributed by atoms with Gasteiger partial charge in [-0.15, -0.1) is 0 Å². The van der Waals surface area contributed by atoms with Gasteiger partial charge in [-0.3, -0.25) is 9.36 Å². The van der Waals surface area contributed by atoms with E-state index in [1.165, 1.54) is 4.68 Å². The normalized spacial score (nSPS) is 15.4. The predicted octanol–water partition coefficient (Wildman–Crippen LogP) is 3.57. The van der Waals surface area contributed by atoms with Crippen molar-refractivity contribution in [3.05, 3.63) is 29.2 Å². The number of rotatable bonds is 2. The zero-order valence-corrected chi connectivity index (χ0v) is 13.5. The molecule has 0 unspecified atom stereocenters. The molecule has 3 aromatic heterocycles. The van der Waals surface area contributed by atoms with Gasteiger partial charge in [0.15, 0.2) is 5.65 Å². The first-order valence-electron chi connectivity index (χ1n) is 7.71. The third-order valence-electron chi connectivity index (χ3n) is 4.60. The van der Waals surface area contributed by atoms with Crippen LogP contribution in [0.5, 0.6) is 0 Å². The second-order valence-corrected chi connectivity index (χ2v) is 6.30. The van der Waals surface area contributed by atoms with Crippen LogP contribution >= 0.6 is 0 Å². The molecule has 1 aliphatic rings. The fourth-order valence-electron chi connectivity index (χ4n) is 3.03. The first-order chi connectivity index (χ1) is 11.3. The van der Waals surface area contributed by atoms with Gasteiger partial charge in [-0.25, -0.2) is 4.98 Å². The third kappa shape index (κ3) is 2.20. The first-order valence-corrected chi connectivity index (χ1v) is 7.71. The molecule has 0 atom stereocenters. The zero-order chi connectivity index (χ0) is 17.2. The summed E-state index contributed by atoms with van der Waals surface area (Å²) >= 11 is 0. The van der Waals surface area contributed by atoms with Crippen LogP contribution in [0.3, 0.4) is 0 Å². The Labute approximate surface area is 136 Å². The van der Waals surface area contributed by atoms with E-state index in [4.69, 9.17) is 0 Å². The molecule has 0 saturated heterocycles. The van der Waals surface area contributed by atoms with Gasteiger partial charge in [0, 0.05) is 31.3 Å². The van der Waals surface area contributed by atoms with Crippen molar-refractivity contribution < 1.29 is 13.2 Å². The van der Waals surface area contributed by atoms with E-state index in [2.05, 4.69) is 15.2 Å². The lowest BCUT2D eigenvalue weighted by molar-refractivity contribution is -0.136. The quantitative estimate of drug-likeness (QED) is 0.719. The Morgan fingerprint density at radius 2 is 1.88 bits per heavy atom. The van der Waals surface area contributed by atoms with Gasteiger partial charge in [0.25, 0.3) is 0 Å². The topological polar surface area (TPSA) is 48.5 Å². The van der Waals surface area contributed by atoms with E-state index in [0.29, 0.717) is 11.3 Å². The maximum absolute atomic E-state index is 13.7. The molecule has 0 aromatic carbocycles. The van der Waals surface area contributed by atoms with E-state index in [1.54, 1.807) is 31.9 Å². The molecule has 1 aliphatic carbocycles. The molecule has 5 nitrogen and oxygen atoms in total. The molecule has 0 aliphatic heterocycles. The van der Waals surface area contributed by atoms with Crippen molar-refractivity contribution in [2.45, 2.75) is 31.9 Å². The van der Waals surface area contributed by atoms with E-state index in [1.807, 2.05) is 0 Å². The van der Waals surface area contributed by atoms with Crippen molar-refractivity contribution in [1.29, 1.82) is 0 Å². The van der Waals surface area contributed by atoms with Gasteiger partial charge in [0.05, 0.1) is 28.5 Å². The highest BCUT2D eigenvalue weighted by Crippen LogP contribution is 2.46. The molecule has 0 amide bonds. The average Bonchev–Trinajstić information content (AvgIpc) is 3.23. The van der Waals surface area contributed by atoms with Crippen LogP contribution in [0.25, 0.3) is 22.3 Å². The van der Waals surface area contributed by atoms with Crippen molar-refractivity contribution in [3.8, 4) is 11.3 Å². The molecule has 1 saturated carbocycles. The van der Waals surface area contributed by atoms with Crippen LogP contribution in [0.1, 0.15) is 35.7 Å². The molecule has 8 heteroatoms. The summed E-state index contributed by atoms with van der Waals surface area (Å²) in [6.45, 7) is 1.81. The maximum atomic E-state index is 13.7. The molecule has 0 bridgehead atoms. The fourth-order valence-corrected chi connectivity index (χ4v) is 3.03. The molecule has 4 rings (SSSR count). The molecule has 0 N–H and O–H groups in total. The summed E-state index contributed by atoms with van der Waals surface area (Å²) in [6.07, 6.45) is -1.15. The van der Waals surface area contributed by atoms with Crippen molar-refractivity contribution in [3.63, 3.8) is 0 Å². The number of pyridine rings is 1. The monoisotopic (exact) mass is 335 g/mol. The molecular formula is C16H16F3N5. The van der Waals surface area contributed by atoms with Gasteiger partial charge in [0.1, 0.15) is 0 Å². The van der Waals surface area contributed by atoms with Crippen molar-refractivity contribution in [2.75, 3.05) is 0 Å². The Kier molecular flexibility index (Phi) is 3.04. The second kappa shape index (κ2) is 4.81. The standard InChI is InChI=1S/C16H16F3N5/c1-8-10(7-20-23(8)2)12-6-11(16(17,18)19)13-14(9-4-5-9)22-24(3)15(13)21-12/h6-7,9H,4-5H2,1-3H3. The third-order valence-corrected chi connectivity index (χ3v) is 4.60. The summed E-state index contributed by atoms with van der Waals surface area (Å²) < 4.78 is 44.2. The van der Waals surface area contributed by atoms with Gasteiger partial charge in [0.2, 0.25) is 0 Å². The average molecular weight is 335 g/mol. The Balaban J connectivity index is 2.05. The molecular weight excluding hydrogens is 319 g/mol. The highest BCUT2D eigenvalue weighted by atomic mass is 19.4. The van der Waals surface area contributed by atoms with Gasteiger partial charge < -0.3 is 0 Å². The van der Waals surface area contributed by atoms with E-state index >= 15 is 0 Å². The lowest BCUT2D eigenvalue weighted by Gasteiger charge is -2.11. The molecule has 3 aromatic rings. The minimum absolute atomic E-state index is 0.113. The van der Waals surface area contributed by atoms with Crippen LogP contribution in [-0.4, -0.2) is 24.5 Å². The lowest BCUT2D eigenvalue weighted by Crippen LogP contribution is -2.08. The molecule has 0 radical (unpaired) electrons. The van der Waals surface area contributed by atoms with Crippen LogP contribution in [0, 0.1) is 6.92 Å². The predicted molar refractivity (Wildman–Crippen MR) is 82.4 cm³/mol. The summed E-state index contributed by atoms with van der Waals surface area (Å²) in [5.41, 5.74) is 1.75. The van der Waals surface area contributed by atoms with Crippen molar-refractivity contribution in [2.24, 2.45) is 14.1 Å². The largest absolute Gasteiger partial charge is 0.417 e. The number of halogens is 3. The van der Waals surface area contributed by atoms with Gasteiger partial charge in [-0.1, -0.05) is 0 Å². The van der Waals surface area contributed by atoms with Crippen LogP contribution in [0.4, 0.5) is 13.2 Å². The molecule has 0 spiro atoms. The summed E-state index contributed by atoms with van der Waals surface area (Å²) in [5.74, 6) is 0.113. The number of alkyl halides is 3. The Bertz CT molecular complexity index is 947. The van der Waals surface area contributed by atoms with Gasteiger partial charge in [-0.05, 0) is 25.8 Å². The number of hydrogen-bond acceptors (Lipinski definition) is 3. The molecule has 24 heavy (non-hydrogen) atoms. The first kappa shape index (κ1) is 15.2. The van der Waals surface area contributed by atoms with Gasteiger partial charge >= 0.3 is 6.18 Å². The van der Waals surface area contributed by atoms with Crippen molar-refractivity contribution >= 4 is 11.0 Å². The maximum Gasteiger partial charge on any atom is 0.417 e. The summed E-state index contributed by atoms with van der Waals surface area (Å²) in [6, 6.07) is 1.12. The minimum Gasteiger partial charge on any atom is -0.272 e. The zero-order valence-electron chi connectivity index (χ0n) is 13.5. The van der Waals surface area contributed by atoms with Crippen LogP contribution in [-0.2, 0) is 20.3 Å². The van der Waals surface area contributed by atoms with E-state index < -0.39 is 11.7 Å². The fraction of sp³-hybridized carbons (Fsp3) is 0.438. The van der Waals surface area contributed by atoms with Crippen LogP contribution in [0.15, 0.2) is 12.3 Å². The van der Waals surface area contributed by atoms with E-state index in [-0.39, 0.29) is 22.6 Å².